The van der Waals surface area contributed by atoms with Gasteiger partial charge in [0, 0.05) is 6.07 Å². The zero-order valence-corrected chi connectivity index (χ0v) is 10.4. The number of nitriles is 1. The van der Waals surface area contributed by atoms with Crippen molar-refractivity contribution in [3.63, 3.8) is 0 Å². The van der Waals surface area contributed by atoms with Gasteiger partial charge in [-0.1, -0.05) is 17.7 Å². The minimum Gasteiger partial charge on any atom is -0.258 e. The van der Waals surface area contributed by atoms with Gasteiger partial charge < -0.3 is 0 Å². The number of hydrogen-bond donors (Lipinski definition) is 0. The van der Waals surface area contributed by atoms with Crippen LogP contribution in [-0.2, 0) is 9.78 Å². The predicted octanol–water partition coefficient (Wildman–Crippen LogP) is 2.82. The summed E-state index contributed by atoms with van der Waals surface area (Å²) in [5.74, 6) is -0.856. The van der Waals surface area contributed by atoms with E-state index in [0.29, 0.717) is 6.61 Å². The fraction of sp³-hybridized carbons (Fsp3) is 0.364. The zero-order chi connectivity index (χ0) is 13.5. The number of rotatable bonds is 6. The molecule has 18 heavy (non-hydrogen) atoms. The Kier molecular flexibility index (Phi) is 5.52. The molecule has 0 bridgehead atoms. The number of halogens is 1. The Bertz CT molecular complexity index is 473. The molecule has 1 rings (SSSR count). The van der Waals surface area contributed by atoms with Crippen molar-refractivity contribution >= 4 is 17.3 Å². The topological polar surface area (TPSA) is 85.4 Å². The molecule has 96 valence electrons. The zero-order valence-electron chi connectivity index (χ0n) is 9.63. The van der Waals surface area contributed by atoms with Crippen molar-refractivity contribution in [2.45, 2.75) is 12.8 Å². The molecule has 0 N–H and O–H groups in total. The van der Waals surface area contributed by atoms with Crippen LogP contribution >= 0.6 is 11.6 Å². The molecule has 0 aliphatic carbocycles. The van der Waals surface area contributed by atoms with E-state index in [4.69, 9.17) is 21.8 Å². The molecule has 0 saturated carbocycles. The van der Waals surface area contributed by atoms with Gasteiger partial charge >= 0.3 is 0 Å². The summed E-state index contributed by atoms with van der Waals surface area (Å²) in [5.41, 5.74) is -0.0551. The van der Waals surface area contributed by atoms with Crippen LogP contribution in [0.4, 0.5) is 5.69 Å². The first-order valence-electron chi connectivity index (χ1n) is 5.18. The van der Waals surface area contributed by atoms with Gasteiger partial charge in [-0.25, -0.2) is 9.78 Å². The fourth-order valence-electron chi connectivity index (χ4n) is 1.41. The molecule has 0 saturated heterocycles. The van der Waals surface area contributed by atoms with E-state index >= 15 is 0 Å². The lowest BCUT2D eigenvalue weighted by atomic mass is 9.99. The van der Waals surface area contributed by atoms with Crippen molar-refractivity contribution in [3.05, 3.63) is 38.9 Å². The lowest BCUT2D eigenvalue weighted by Crippen LogP contribution is -2.09. The Morgan fingerprint density at radius 3 is 2.83 bits per heavy atom. The van der Waals surface area contributed by atoms with Gasteiger partial charge in [0.15, 0.2) is 0 Å². The molecule has 1 unspecified atom stereocenters. The molecule has 7 heteroatoms. The molecule has 6 nitrogen and oxygen atoms in total. The van der Waals surface area contributed by atoms with Gasteiger partial charge in [0.1, 0.15) is 12.5 Å². The van der Waals surface area contributed by atoms with E-state index < -0.39 is 10.8 Å². The first kappa shape index (κ1) is 14.4. The average molecular weight is 271 g/mol. The van der Waals surface area contributed by atoms with Crippen LogP contribution in [0.15, 0.2) is 18.2 Å². The van der Waals surface area contributed by atoms with Crippen LogP contribution in [-0.4, -0.2) is 18.1 Å². The van der Waals surface area contributed by atoms with Gasteiger partial charge in [0.25, 0.3) is 5.69 Å². The molecule has 0 amide bonds. The highest BCUT2D eigenvalue weighted by molar-refractivity contribution is 6.31. The highest BCUT2D eigenvalue weighted by atomic mass is 35.5. The highest BCUT2D eigenvalue weighted by Crippen LogP contribution is 2.33. The van der Waals surface area contributed by atoms with Crippen LogP contribution < -0.4 is 0 Å². The van der Waals surface area contributed by atoms with Gasteiger partial charge in [0.2, 0.25) is 0 Å². The first-order valence-corrected chi connectivity index (χ1v) is 5.56. The summed E-state index contributed by atoms with van der Waals surface area (Å²) in [5, 5.41) is 20.1. The normalized spacial score (nSPS) is 11.8. The third-order valence-electron chi connectivity index (χ3n) is 2.17. The third kappa shape index (κ3) is 3.40. The highest BCUT2D eigenvalue weighted by Gasteiger charge is 2.25. The second-order valence-corrected chi connectivity index (χ2v) is 3.71. The fourth-order valence-corrected chi connectivity index (χ4v) is 1.72. The van der Waals surface area contributed by atoms with Crippen LogP contribution in [0.2, 0.25) is 5.02 Å². The monoisotopic (exact) mass is 270 g/mol. The van der Waals surface area contributed by atoms with Crippen LogP contribution in [0.25, 0.3) is 0 Å². The van der Waals surface area contributed by atoms with Crippen molar-refractivity contribution < 1.29 is 14.7 Å². The van der Waals surface area contributed by atoms with E-state index in [-0.39, 0.29) is 22.9 Å². The van der Waals surface area contributed by atoms with Gasteiger partial charge in [-0.2, -0.15) is 5.26 Å². The van der Waals surface area contributed by atoms with Crippen molar-refractivity contribution in [2.75, 3.05) is 13.2 Å². The van der Waals surface area contributed by atoms with Crippen molar-refractivity contribution in [1.29, 1.82) is 5.26 Å². The Labute approximate surface area is 109 Å². The third-order valence-corrected chi connectivity index (χ3v) is 2.50. The summed E-state index contributed by atoms with van der Waals surface area (Å²) in [6.07, 6.45) is 0. The molecule has 1 aromatic carbocycles. The smallest absolute Gasteiger partial charge is 0.258 e. The number of nitrogens with zero attached hydrogens (tertiary/aromatic N) is 2. The van der Waals surface area contributed by atoms with Crippen molar-refractivity contribution in [3.8, 4) is 6.07 Å². The molecular weight excluding hydrogens is 260 g/mol. The van der Waals surface area contributed by atoms with Crippen LogP contribution in [0.5, 0.6) is 0 Å². The summed E-state index contributed by atoms with van der Waals surface area (Å²) < 4.78 is 0. The van der Waals surface area contributed by atoms with E-state index in [2.05, 4.69) is 4.89 Å². The molecule has 1 aromatic rings. The van der Waals surface area contributed by atoms with Gasteiger partial charge in [-0.05, 0) is 13.0 Å². The first-order chi connectivity index (χ1) is 8.61. The van der Waals surface area contributed by atoms with E-state index in [0.717, 1.165) is 0 Å². The molecule has 0 heterocycles. The van der Waals surface area contributed by atoms with Gasteiger partial charge in [0.05, 0.1) is 28.2 Å². The molecular formula is C11H11ClN2O4. The molecule has 0 fully saturated rings. The van der Waals surface area contributed by atoms with E-state index in [1.54, 1.807) is 6.92 Å². The maximum Gasteiger partial charge on any atom is 0.275 e. The number of nitro groups is 1. The molecule has 0 aliphatic rings. The van der Waals surface area contributed by atoms with Gasteiger partial charge in [-0.15, -0.1) is 0 Å². The number of hydrogen-bond acceptors (Lipinski definition) is 5. The van der Waals surface area contributed by atoms with E-state index in [1.165, 1.54) is 18.2 Å². The minimum absolute atomic E-state index is 0.116. The number of benzene rings is 1. The maximum atomic E-state index is 10.9. The predicted molar refractivity (Wildman–Crippen MR) is 64.0 cm³/mol. The second-order valence-electron chi connectivity index (χ2n) is 3.30. The van der Waals surface area contributed by atoms with Crippen molar-refractivity contribution in [1.82, 2.24) is 0 Å². The Hall–Kier alpha value is -1.68. The summed E-state index contributed by atoms with van der Waals surface area (Å²) >= 11 is 5.91. The van der Waals surface area contributed by atoms with Crippen molar-refractivity contribution in [2.24, 2.45) is 0 Å². The Balaban J connectivity index is 3.05. The summed E-state index contributed by atoms with van der Waals surface area (Å²) in [6, 6.07) is 6.17. The summed E-state index contributed by atoms with van der Waals surface area (Å²) in [4.78, 5) is 19.8. The lowest BCUT2D eigenvalue weighted by molar-refractivity contribution is -0.385. The van der Waals surface area contributed by atoms with E-state index in [1.807, 2.05) is 6.07 Å². The molecule has 0 radical (unpaired) electrons. The standard InChI is InChI=1S/C11H11ClN2O4/c1-2-17-18-7-8(6-13)11-9(12)4-3-5-10(11)14(15)16/h3-5,8H,2,7H2,1H3. The molecule has 0 spiro atoms. The Morgan fingerprint density at radius 1 is 1.56 bits per heavy atom. The quantitative estimate of drug-likeness (QED) is 0.343. The van der Waals surface area contributed by atoms with Crippen LogP contribution in [0, 0.1) is 21.4 Å². The SMILES string of the molecule is CCOOCC(C#N)c1c(Cl)cccc1[N+](=O)[O-]. The lowest BCUT2D eigenvalue weighted by Gasteiger charge is -2.11. The molecule has 0 aromatic heterocycles. The molecule has 1 atom stereocenters. The molecule has 0 aliphatic heterocycles. The van der Waals surface area contributed by atoms with Gasteiger partial charge in [-0.3, -0.25) is 10.1 Å². The number of nitro benzene ring substituents is 1. The van der Waals surface area contributed by atoms with Crippen LogP contribution in [0.1, 0.15) is 18.4 Å². The average Bonchev–Trinajstić information content (AvgIpc) is 2.35. The second kappa shape index (κ2) is 6.91. The minimum atomic E-state index is -0.856. The Morgan fingerprint density at radius 2 is 2.28 bits per heavy atom. The summed E-state index contributed by atoms with van der Waals surface area (Å²) in [6.45, 7) is 1.93. The largest absolute Gasteiger partial charge is 0.275 e. The summed E-state index contributed by atoms with van der Waals surface area (Å²) in [7, 11) is 0. The maximum absolute atomic E-state index is 10.9. The van der Waals surface area contributed by atoms with E-state index in [9.17, 15) is 10.1 Å². The van der Waals surface area contributed by atoms with Crippen LogP contribution in [0.3, 0.4) is 0 Å².